The lowest BCUT2D eigenvalue weighted by Gasteiger charge is -2.33. The molecule has 0 amide bonds. The first-order valence-corrected chi connectivity index (χ1v) is 9.80. The van der Waals surface area contributed by atoms with Crippen LogP contribution in [-0.2, 0) is 10.0 Å². The van der Waals surface area contributed by atoms with Gasteiger partial charge in [0, 0.05) is 30.9 Å². The lowest BCUT2D eigenvalue weighted by molar-refractivity contribution is 0.325. The first-order chi connectivity index (χ1) is 12.8. The predicted octanol–water partition coefficient (Wildman–Crippen LogP) is 3.38. The van der Waals surface area contributed by atoms with E-state index in [0.717, 1.165) is 16.4 Å². The Morgan fingerprint density at radius 2 is 1.74 bits per heavy atom. The molecule has 0 aliphatic carbocycles. The van der Waals surface area contributed by atoms with Crippen LogP contribution in [0.3, 0.4) is 0 Å². The zero-order valence-corrected chi connectivity index (χ0v) is 15.4. The Morgan fingerprint density at radius 3 is 2.41 bits per heavy atom. The second-order valence-corrected chi connectivity index (χ2v) is 8.18. The lowest BCUT2D eigenvalue weighted by Crippen LogP contribution is -2.45. The van der Waals surface area contributed by atoms with E-state index in [1.54, 1.807) is 31.4 Å². The van der Waals surface area contributed by atoms with Gasteiger partial charge in [-0.25, -0.2) is 21.6 Å². The summed E-state index contributed by atoms with van der Waals surface area (Å²) in [7, 11) is -2.72. The van der Waals surface area contributed by atoms with Gasteiger partial charge in [0.05, 0.1) is 7.11 Å². The molecule has 1 aliphatic heterocycles. The summed E-state index contributed by atoms with van der Waals surface area (Å²) in [6, 6.07) is 7.60. The first kappa shape index (κ1) is 19.5. The van der Waals surface area contributed by atoms with E-state index in [4.69, 9.17) is 4.74 Å². The molecule has 1 unspecified atom stereocenters. The molecule has 2 aromatic rings. The van der Waals surface area contributed by atoms with E-state index in [-0.39, 0.29) is 25.2 Å². The number of piperidine rings is 1. The average Bonchev–Trinajstić information content (AvgIpc) is 2.65. The fourth-order valence-electron chi connectivity index (χ4n) is 3.04. The second-order valence-electron chi connectivity index (χ2n) is 6.27. The molecule has 3 rings (SSSR count). The third-order valence-electron chi connectivity index (χ3n) is 4.44. The third kappa shape index (κ3) is 4.19. The molecule has 0 bridgehead atoms. The van der Waals surface area contributed by atoms with Gasteiger partial charge in [-0.3, -0.25) is 0 Å². The van der Waals surface area contributed by atoms with Gasteiger partial charge in [0.1, 0.15) is 16.5 Å². The number of sulfonamides is 1. The number of hydrogen-bond donors (Lipinski definition) is 1. The molecule has 1 atom stereocenters. The van der Waals surface area contributed by atoms with Crippen molar-refractivity contribution in [2.24, 2.45) is 0 Å². The van der Waals surface area contributed by atoms with Crippen molar-refractivity contribution in [1.82, 2.24) is 4.31 Å². The summed E-state index contributed by atoms with van der Waals surface area (Å²) >= 11 is 0. The highest BCUT2D eigenvalue weighted by molar-refractivity contribution is 7.89. The number of nitrogens with zero attached hydrogens (tertiary/aromatic N) is 1. The normalized spacial score (nSPS) is 18.3. The van der Waals surface area contributed by atoms with Gasteiger partial charge in [-0.1, -0.05) is 0 Å². The van der Waals surface area contributed by atoms with Crippen LogP contribution in [0, 0.1) is 17.5 Å². The minimum Gasteiger partial charge on any atom is -0.497 e. The van der Waals surface area contributed by atoms with Crippen molar-refractivity contribution in [3.8, 4) is 5.75 Å². The quantitative estimate of drug-likeness (QED) is 0.782. The Kier molecular flexibility index (Phi) is 5.61. The summed E-state index contributed by atoms with van der Waals surface area (Å²) in [5.41, 5.74) is 0.791. The molecule has 9 heteroatoms. The van der Waals surface area contributed by atoms with Crippen LogP contribution in [0.1, 0.15) is 12.8 Å². The van der Waals surface area contributed by atoms with Gasteiger partial charge in [0.15, 0.2) is 11.6 Å². The number of nitrogens with one attached hydrogen (secondary N) is 1. The van der Waals surface area contributed by atoms with Crippen LogP contribution in [0.15, 0.2) is 41.3 Å². The van der Waals surface area contributed by atoms with E-state index < -0.39 is 32.4 Å². The molecular weight excluding hydrogens is 381 g/mol. The maximum atomic E-state index is 14.0. The molecule has 5 nitrogen and oxygen atoms in total. The Bertz CT molecular complexity index is 920. The number of rotatable bonds is 5. The molecule has 27 heavy (non-hydrogen) atoms. The number of benzene rings is 2. The molecule has 1 N–H and O–H groups in total. The Hall–Kier alpha value is -2.26. The molecule has 1 saturated heterocycles. The summed E-state index contributed by atoms with van der Waals surface area (Å²) in [5.74, 6) is -3.44. The summed E-state index contributed by atoms with van der Waals surface area (Å²) in [5, 5.41) is 3.23. The zero-order chi connectivity index (χ0) is 19.6. The van der Waals surface area contributed by atoms with Crippen molar-refractivity contribution >= 4 is 15.7 Å². The van der Waals surface area contributed by atoms with Gasteiger partial charge in [-0.2, -0.15) is 4.31 Å². The van der Waals surface area contributed by atoms with Gasteiger partial charge in [0.2, 0.25) is 10.0 Å². The molecule has 1 fully saturated rings. The molecular formula is C18H19F3N2O3S. The van der Waals surface area contributed by atoms with E-state index in [0.29, 0.717) is 18.2 Å². The number of methoxy groups -OCH3 is 1. The molecule has 0 saturated carbocycles. The van der Waals surface area contributed by atoms with Crippen molar-refractivity contribution in [3.05, 3.63) is 53.8 Å². The smallest absolute Gasteiger partial charge is 0.246 e. The van der Waals surface area contributed by atoms with Crippen LogP contribution in [0.5, 0.6) is 5.75 Å². The van der Waals surface area contributed by atoms with Gasteiger partial charge >= 0.3 is 0 Å². The van der Waals surface area contributed by atoms with Crippen molar-refractivity contribution < 1.29 is 26.3 Å². The van der Waals surface area contributed by atoms with Gasteiger partial charge in [0.25, 0.3) is 0 Å². The van der Waals surface area contributed by atoms with Crippen LogP contribution in [-0.4, -0.2) is 39.0 Å². The van der Waals surface area contributed by atoms with Crippen molar-refractivity contribution in [2.45, 2.75) is 23.8 Å². The molecule has 2 aromatic carbocycles. The van der Waals surface area contributed by atoms with Crippen LogP contribution in [0.4, 0.5) is 18.9 Å². The molecule has 1 aliphatic rings. The summed E-state index contributed by atoms with van der Waals surface area (Å²) in [4.78, 5) is -0.855. The number of hydrogen-bond acceptors (Lipinski definition) is 4. The highest BCUT2D eigenvalue weighted by Crippen LogP contribution is 2.26. The van der Waals surface area contributed by atoms with E-state index in [2.05, 4.69) is 5.32 Å². The topological polar surface area (TPSA) is 58.6 Å². The van der Waals surface area contributed by atoms with Gasteiger partial charge in [-0.05, 0) is 43.2 Å². The minimum absolute atomic E-state index is 0.0901. The van der Waals surface area contributed by atoms with Gasteiger partial charge in [-0.15, -0.1) is 0 Å². The number of anilines is 1. The van der Waals surface area contributed by atoms with E-state index in [9.17, 15) is 21.6 Å². The van der Waals surface area contributed by atoms with Crippen LogP contribution in [0.2, 0.25) is 0 Å². The zero-order valence-electron chi connectivity index (χ0n) is 14.6. The predicted molar refractivity (Wildman–Crippen MR) is 94.7 cm³/mol. The second kappa shape index (κ2) is 7.77. The largest absolute Gasteiger partial charge is 0.497 e. The minimum atomic E-state index is -4.28. The highest BCUT2D eigenvalue weighted by Gasteiger charge is 2.33. The molecule has 0 spiro atoms. The Labute approximate surface area is 155 Å². The van der Waals surface area contributed by atoms with Crippen molar-refractivity contribution in [2.75, 3.05) is 25.5 Å². The summed E-state index contributed by atoms with van der Waals surface area (Å²) in [6.45, 7) is 0.272. The average molecular weight is 400 g/mol. The Balaban J connectivity index is 1.77. The van der Waals surface area contributed by atoms with E-state index in [1.165, 1.54) is 0 Å². The summed E-state index contributed by atoms with van der Waals surface area (Å²) < 4.78 is 72.1. The Morgan fingerprint density at radius 1 is 1.07 bits per heavy atom. The fourth-order valence-corrected chi connectivity index (χ4v) is 4.62. The summed E-state index contributed by atoms with van der Waals surface area (Å²) in [6.07, 6.45) is 1.27. The van der Waals surface area contributed by atoms with Gasteiger partial charge < -0.3 is 10.1 Å². The monoisotopic (exact) mass is 400 g/mol. The molecule has 1 heterocycles. The maximum absolute atomic E-state index is 14.0. The number of halogens is 3. The standard InChI is InChI=1S/C18H19F3N2O3S/c1-26-14-6-4-12(5-7-14)22-13-3-2-8-23(11-13)27(24,25)18-10-16(20)15(19)9-17(18)21/h4-7,9-10,13,22H,2-3,8,11H2,1H3. The van der Waals surface area contributed by atoms with Crippen LogP contribution in [0.25, 0.3) is 0 Å². The van der Waals surface area contributed by atoms with Crippen LogP contribution >= 0.6 is 0 Å². The van der Waals surface area contributed by atoms with Crippen molar-refractivity contribution in [1.29, 1.82) is 0 Å². The molecule has 146 valence electrons. The van der Waals surface area contributed by atoms with Crippen LogP contribution < -0.4 is 10.1 Å². The third-order valence-corrected chi connectivity index (χ3v) is 6.32. The number of ether oxygens (including phenoxy) is 1. The highest BCUT2D eigenvalue weighted by atomic mass is 32.2. The van der Waals surface area contributed by atoms with E-state index >= 15 is 0 Å². The SMILES string of the molecule is COc1ccc(NC2CCCN(S(=O)(=O)c3cc(F)c(F)cc3F)C2)cc1. The molecule has 0 radical (unpaired) electrons. The first-order valence-electron chi connectivity index (χ1n) is 8.36. The lowest BCUT2D eigenvalue weighted by atomic mass is 10.1. The van der Waals surface area contributed by atoms with E-state index in [1.807, 2.05) is 0 Å². The maximum Gasteiger partial charge on any atom is 0.246 e. The fraction of sp³-hybridized carbons (Fsp3) is 0.333. The molecule has 0 aromatic heterocycles. The van der Waals surface area contributed by atoms with Crippen molar-refractivity contribution in [3.63, 3.8) is 0 Å².